The average molecular weight is 705 g/mol. The van der Waals surface area contributed by atoms with Crippen LogP contribution >= 0.6 is 0 Å². The number of hydrogen-bond donors (Lipinski definition) is 1. The van der Waals surface area contributed by atoms with E-state index >= 15 is 0 Å². The summed E-state index contributed by atoms with van der Waals surface area (Å²) in [5, 5.41) is 8.51. The first-order valence-electron chi connectivity index (χ1n) is 12.6. The molecule has 4 nitrogen and oxygen atoms in total. The number of hydrogen-bond acceptors (Lipinski definition) is 3. The van der Waals surface area contributed by atoms with Crippen LogP contribution in [-0.4, -0.2) is 121 Å². The van der Waals surface area contributed by atoms with Crippen molar-refractivity contribution >= 4 is 110 Å². The number of aliphatic carboxylic acids is 1. The molecule has 0 aromatic heterocycles. The van der Waals surface area contributed by atoms with Crippen LogP contribution in [0, 0.1) is 0 Å². The van der Waals surface area contributed by atoms with Crippen LogP contribution in [0.3, 0.4) is 0 Å². The molecule has 1 N–H and O–H groups in total. The third kappa shape index (κ3) is 42.0. The Morgan fingerprint density at radius 3 is 1.50 bits per heavy atom. The molecule has 0 amide bonds. The fraction of sp³-hybridized carbons (Fsp3) is 0.846. The van der Waals surface area contributed by atoms with Crippen molar-refractivity contribution in [2.75, 3.05) is 6.61 Å². The molecule has 0 radical (unpaired) electrons. The van der Waals surface area contributed by atoms with Crippen LogP contribution in [0.15, 0.2) is 12.2 Å². The Hall–Kier alpha value is 1.82. The zero-order chi connectivity index (χ0) is 22.7. The van der Waals surface area contributed by atoms with E-state index in [0.29, 0.717) is 19.4 Å². The van der Waals surface area contributed by atoms with Crippen molar-refractivity contribution in [3.05, 3.63) is 12.2 Å². The van der Waals surface area contributed by atoms with Crippen molar-refractivity contribution < 1.29 is 19.4 Å². The number of rotatable bonds is 20. The van der Waals surface area contributed by atoms with Crippen LogP contribution < -0.4 is 0 Å². The minimum absolute atomic E-state index is 0. The molecule has 0 heterocycles. The molecule has 0 spiro atoms. The van der Waals surface area contributed by atoms with E-state index in [-0.39, 0.29) is 104 Å². The van der Waals surface area contributed by atoms with Crippen molar-refractivity contribution in [2.24, 2.45) is 0 Å². The average Bonchev–Trinajstić information content (AvgIpc) is 2.71. The Morgan fingerprint density at radius 1 is 0.625 bits per heavy atom. The maximum atomic E-state index is 10.7. The third-order valence-electron chi connectivity index (χ3n) is 4.94. The van der Waals surface area contributed by atoms with E-state index in [4.69, 9.17) is 9.84 Å². The second-order valence-corrected chi connectivity index (χ2v) is 7.99. The van der Waals surface area contributed by atoms with Gasteiger partial charge in [-0.1, -0.05) is 90.2 Å². The number of carbonyl (C=O) groups is 2. The molecule has 0 rings (SSSR count). The molecule has 0 unspecified atom stereocenters. The van der Waals surface area contributed by atoms with Crippen molar-refractivity contribution in [3.8, 4) is 0 Å². The van der Waals surface area contributed by atoms with Crippen LogP contribution in [0.1, 0.15) is 136 Å². The van der Waals surface area contributed by atoms with Crippen LogP contribution in [0.2, 0.25) is 0 Å². The summed E-state index contributed by atoms with van der Waals surface area (Å²) in [6, 6.07) is 0. The zero-order valence-corrected chi connectivity index (χ0v) is 20.3. The summed E-state index contributed by atoms with van der Waals surface area (Å²) < 4.78 is 4.75. The molecular weight excluding hydrogens is 651 g/mol. The van der Waals surface area contributed by atoms with Crippen LogP contribution in [0.4, 0.5) is 0 Å². The number of carboxylic acids is 1. The second kappa shape index (κ2) is 37.4. The SMILES string of the molecule is CCCCCC(=O)OCC.CCCCCCCC/C=C\CCCCCCCC(=O)O.[BaH2].[BaH2]. The summed E-state index contributed by atoms with van der Waals surface area (Å²) >= 11 is 0. The quantitative estimate of drug-likeness (QED) is 0.0690. The van der Waals surface area contributed by atoms with Crippen molar-refractivity contribution in [1.82, 2.24) is 0 Å². The Bertz CT molecular complexity index is 401. The summed E-state index contributed by atoms with van der Waals surface area (Å²) in [5.74, 6) is -0.724. The van der Waals surface area contributed by atoms with Gasteiger partial charge in [-0.25, -0.2) is 0 Å². The molecule has 0 saturated heterocycles. The van der Waals surface area contributed by atoms with Gasteiger partial charge in [0.05, 0.1) is 6.61 Å². The van der Waals surface area contributed by atoms with Crippen LogP contribution in [-0.2, 0) is 14.3 Å². The van der Waals surface area contributed by atoms with Crippen LogP contribution in [0.25, 0.3) is 0 Å². The topological polar surface area (TPSA) is 63.6 Å². The van der Waals surface area contributed by atoms with Gasteiger partial charge in [0.25, 0.3) is 0 Å². The molecule has 0 saturated carbocycles. The number of allylic oxidation sites excluding steroid dienone is 2. The zero-order valence-electron chi connectivity index (χ0n) is 20.3. The van der Waals surface area contributed by atoms with E-state index in [9.17, 15) is 9.59 Å². The van der Waals surface area contributed by atoms with Gasteiger partial charge in [0.2, 0.25) is 0 Å². The van der Waals surface area contributed by atoms with E-state index in [1.807, 2.05) is 6.92 Å². The first kappa shape index (κ1) is 41.0. The molecule has 0 aliphatic carbocycles. The summed E-state index contributed by atoms with van der Waals surface area (Å²) in [4.78, 5) is 21.0. The molecule has 0 aromatic rings. The molecule has 6 heteroatoms. The third-order valence-corrected chi connectivity index (χ3v) is 4.94. The molecular formula is C26H54Ba2O4. The number of esters is 1. The van der Waals surface area contributed by atoms with Gasteiger partial charge in [-0.3, -0.25) is 9.59 Å². The number of carboxylic acid groups (broad SMARTS) is 1. The normalized spacial score (nSPS) is 9.97. The Kier molecular flexibility index (Phi) is 47.8. The predicted octanol–water partition coefficient (Wildman–Crippen LogP) is 6.41. The Labute approximate surface area is 280 Å². The molecule has 0 bridgehead atoms. The first-order valence-corrected chi connectivity index (χ1v) is 12.6. The van der Waals surface area contributed by atoms with E-state index in [1.165, 1.54) is 70.6 Å². The molecule has 0 aliphatic rings. The molecule has 32 heavy (non-hydrogen) atoms. The van der Waals surface area contributed by atoms with E-state index in [0.717, 1.165) is 32.1 Å². The van der Waals surface area contributed by atoms with Crippen molar-refractivity contribution in [2.45, 2.75) is 136 Å². The van der Waals surface area contributed by atoms with Gasteiger partial charge < -0.3 is 9.84 Å². The maximum absolute atomic E-state index is 10.7. The summed E-state index contributed by atoms with van der Waals surface area (Å²) in [5.41, 5.74) is 0. The summed E-state index contributed by atoms with van der Waals surface area (Å²) in [7, 11) is 0. The second-order valence-electron chi connectivity index (χ2n) is 7.99. The molecule has 0 aromatic carbocycles. The standard InChI is InChI=1S/C18H34O2.C8H16O2.2Ba.4H/c1-2-3-4-5-6-7-8-9-10-11-12-13-14-15-16-17-18(19)20;1-3-5-6-7-8(9)10-4-2;;;;;;/h9-10H,2-8,11-17H2,1H3,(H,19,20);3-7H2,1-2H3;;;;;;/b10-9-;;;;;;;. The monoisotopic (exact) mass is 706 g/mol. The Morgan fingerprint density at radius 2 is 1.03 bits per heavy atom. The van der Waals surface area contributed by atoms with Gasteiger partial charge in [-0.15, -0.1) is 0 Å². The number of carbonyl (C=O) groups excluding carboxylic acids is 1. The van der Waals surface area contributed by atoms with Gasteiger partial charge in [0, 0.05) is 12.8 Å². The fourth-order valence-corrected chi connectivity index (χ4v) is 3.10. The van der Waals surface area contributed by atoms with Gasteiger partial charge in [-0.05, 0) is 45.4 Å². The number of ether oxygens (including phenoxy) is 1. The molecule has 186 valence electrons. The van der Waals surface area contributed by atoms with Gasteiger partial charge in [0.1, 0.15) is 0 Å². The van der Waals surface area contributed by atoms with Gasteiger partial charge in [-0.2, -0.15) is 0 Å². The predicted molar refractivity (Wildman–Crippen MR) is 145 cm³/mol. The molecule has 0 fully saturated rings. The van der Waals surface area contributed by atoms with E-state index < -0.39 is 5.97 Å². The van der Waals surface area contributed by atoms with Gasteiger partial charge in [0.15, 0.2) is 0 Å². The first-order chi connectivity index (χ1) is 14.6. The van der Waals surface area contributed by atoms with Crippen LogP contribution in [0.5, 0.6) is 0 Å². The van der Waals surface area contributed by atoms with E-state index in [2.05, 4.69) is 26.0 Å². The molecule has 0 atom stereocenters. The minimum atomic E-state index is -0.664. The molecule has 0 aliphatic heterocycles. The fourth-order valence-electron chi connectivity index (χ4n) is 3.10. The summed E-state index contributed by atoms with van der Waals surface area (Å²) in [6.45, 7) is 6.71. The van der Waals surface area contributed by atoms with Crippen molar-refractivity contribution in [3.63, 3.8) is 0 Å². The van der Waals surface area contributed by atoms with E-state index in [1.54, 1.807) is 0 Å². The van der Waals surface area contributed by atoms with Gasteiger partial charge >= 0.3 is 110 Å². The summed E-state index contributed by atoms with van der Waals surface area (Å²) in [6.07, 6.45) is 25.1. The number of unbranched alkanes of at least 4 members (excludes halogenated alkanes) is 13. The Balaban J connectivity index is -0.000000279. The van der Waals surface area contributed by atoms with Crippen molar-refractivity contribution in [1.29, 1.82) is 0 Å².